The van der Waals surface area contributed by atoms with Crippen LogP contribution in [0.1, 0.15) is 26.7 Å². The molecule has 0 aliphatic heterocycles. The highest BCUT2D eigenvalue weighted by molar-refractivity contribution is 6.33. The van der Waals surface area contributed by atoms with Gasteiger partial charge in [0.2, 0.25) is 11.8 Å². The minimum atomic E-state index is -0.0428. The van der Waals surface area contributed by atoms with Crippen molar-refractivity contribution in [3.63, 3.8) is 0 Å². The number of carbonyl (C=O) groups is 1. The number of nitrogens with one attached hydrogen (secondary N) is 1. The van der Waals surface area contributed by atoms with Crippen molar-refractivity contribution in [2.75, 3.05) is 33.5 Å². The Labute approximate surface area is 159 Å². The van der Waals surface area contributed by atoms with Crippen LogP contribution in [0.15, 0.2) is 12.3 Å². The molecular weight excluding hydrogens is 360 g/mol. The number of hydrogen-bond acceptors (Lipinski definition) is 6. The number of carbonyl (C=O) groups excluding carboxylic acids is 1. The van der Waals surface area contributed by atoms with Crippen LogP contribution in [0.25, 0.3) is 0 Å². The first-order valence-corrected chi connectivity index (χ1v) is 9.15. The Balaban J connectivity index is 1.67. The second-order valence-electron chi connectivity index (χ2n) is 6.47. The van der Waals surface area contributed by atoms with Crippen molar-refractivity contribution in [3.05, 3.63) is 17.3 Å². The Morgan fingerprint density at radius 3 is 2.85 bits per heavy atom. The van der Waals surface area contributed by atoms with Crippen LogP contribution >= 0.6 is 11.6 Å². The summed E-state index contributed by atoms with van der Waals surface area (Å²) < 4.78 is 22.0. The lowest BCUT2D eigenvalue weighted by atomic mass is 9.83. The molecule has 1 aromatic rings. The summed E-state index contributed by atoms with van der Waals surface area (Å²) in [5.41, 5.74) is 0. The molecule has 0 saturated heterocycles. The third kappa shape index (κ3) is 6.63. The number of pyridine rings is 1. The number of aromatic nitrogens is 1. The Morgan fingerprint density at radius 1 is 1.38 bits per heavy atom. The van der Waals surface area contributed by atoms with Gasteiger partial charge in [-0.1, -0.05) is 11.6 Å². The molecule has 1 aromatic heterocycles. The molecule has 1 amide bonds. The maximum atomic E-state index is 11.0. The minimum absolute atomic E-state index is 0.0201. The van der Waals surface area contributed by atoms with Crippen molar-refractivity contribution in [2.45, 2.75) is 38.8 Å². The van der Waals surface area contributed by atoms with Crippen LogP contribution in [0, 0.1) is 5.92 Å². The molecule has 26 heavy (non-hydrogen) atoms. The molecule has 146 valence electrons. The van der Waals surface area contributed by atoms with E-state index in [2.05, 4.69) is 10.3 Å². The third-order valence-corrected chi connectivity index (χ3v) is 4.39. The maximum Gasteiger partial charge on any atom is 0.236 e. The van der Waals surface area contributed by atoms with Gasteiger partial charge in [-0.3, -0.25) is 4.79 Å². The maximum absolute atomic E-state index is 11.0. The van der Waals surface area contributed by atoms with Crippen LogP contribution in [0.3, 0.4) is 0 Å². The molecule has 1 atom stereocenters. The van der Waals surface area contributed by atoms with E-state index >= 15 is 0 Å². The van der Waals surface area contributed by atoms with Gasteiger partial charge in [0, 0.05) is 32.3 Å². The summed E-state index contributed by atoms with van der Waals surface area (Å²) in [6.45, 7) is 5.39. The van der Waals surface area contributed by atoms with Crippen LogP contribution in [0.4, 0.5) is 0 Å². The SMILES string of the molecule is COCCOc1ccnc(OCC2CC(OC[C@H](C)NC(C)=O)C2)c1Cl. The molecule has 1 saturated carbocycles. The van der Waals surface area contributed by atoms with Crippen LogP contribution < -0.4 is 14.8 Å². The van der Waals surface area contributed by atoms with Crippen molar-refractivity contribution in [3.8, 4) is 11.6 Å². The van der Waals surface area contributed by atoms with Crippen molar-refractivity contribution >= 4 is 17.5 Å². The number of halogens is 1. The van der Waals surface area contributed by atoms with Gasteiger partial charge in [-0.15, -0.1) is 0 Å². The first kappa shape index (κ1) is 20.7. The summed E-state index contributed by atoms with van der Waals surface area (Å²) in [6, 6.07) is 1.72. The lowest BCUT2D eigenvalue weighted by Gasteiger charge is -2.35. The summed E-state index contributed by atoms with van der Waals surface area (Å²) in [7, 11) is 1.61. The Bertz CT molecular complexity index is 581. The molecule has 0 unspecified atom stereocenters. The summed E-state index contributed by atoms with van der Waals surface area (Å²) in [4.78, 5) is 15.1. The molecule has 1 N–H and O–H groups in total. The predicted octanol–water partition coefficient (Wildman–Crippen LogP) is 2.46. The molecule has 2 rings (SSSR count). The highest BCUT2D eigenvalue weighted by Gasteiger charge is 2.31. The lowest BCUT2D eigenvalue weighted by molar-refractivity contribution is -0.120. The Kier molecular flexibility index (Phi) is 8.41. The topological polar surface area (TPSA) is 78.9 Å². The number of nitrogens with zero attached hydrogens (tertiary/aromatic N) is 1. The van der Waals surface area contributed by atoms with E-state index in [1.165, 1.54) is 6.92 Å². The summed E-state index contributed by atoms with van der Waals surface area (Å²) in [5, 5.41) is 3.18. The third-order valence-electron chi connectivity index (χ3n) is 4.05. The summed E-state index contributed by atoms with van der Waals surface area (Å²) >= 11 is 6.27. The van der Waals surface area contributed by atoms with Gasteiger partial charge in [-0.2, -0.15) is 0 Å². The molecular formula is C18H27ClN2O5. The van der Waals surface area contributed by atoms with Gasteiger partial charge in [-0.05, 0) is 25.7 Å². The fourth-order valence-electron chi connectivity index (χ4n) is 2.67. The highest BCUT2D eigenvalue weighted by atomic mass is 35.5. The molecule has 1 heterocycles. The van der Waals surface area contributed by atoms with Crippen molar-refractivity contribution in [1.29, 1.82) is 0 Å². The smallest absolute Gasteiger partial charge is 0.236 e. The van der Waals surface area contributed by atoms with Gasteiger partial charge in [0.05, 0.1) is 25.9 Å². The van der Waals surface area contributed by atoms with Gasteiger partial charge < -0.3 is 24.3 Å². The van der Waals surface area contributed by atoms with E-state index in [1.807, 2.05) is 6.92 Å². The summed E-state index contributed by atoms with van der Waals surface area (Å²) in [6.07, 6.45) is 3.68. The second kappa shape index (κ2) is 10.5. The number of rotatable bonds is 11. The monoisotopic (exact) mass is 386 g/mol. The van der Waals surface area contributed by atoms with Crippen LogP contribution in [-0.4, -0.2) is 56.6 Å². The van der Waals surface area contributed by atoms with E-state index < -0.39 is 0 Å². The van der Waals surface area contributed by atoms with Crippen molar-refractivity contribution in [1.82, 2.24) is 10.3 Å². The predicted molar refractivity (Wildman–Crippen MR) is 97.9 cm³/mol. The number of amides is 1. The molecule has 7 nitrogen and oxygen atoms in total. The standard InChI is InChI=1S/C18H27ClN2O5/c1-12(21-13(2)22)10-25-15-8-14(9-15)11-26-18-17(19)16(4-5-20-18)24-7-6-23-3/h4-5,12,14-15H,6-11H2,1-3H3,(H,21,22)/t12-,14?,15?/m0/s1. The van der Waals surface area contributed by atoms with E-state index in [4.69, 9.17) is 30.5 Å². The molecule has 8 heteroatoms. The zero-order valence-corrected chi connectivity index (χ0v) is 16.3. The van der Waals surface area contributed by atoms with E-state index in [1.54, 1.807) is 19.4 Å². The van der Waals surface area contributed by atoms with E-state index in [-0.39, 0.29) is 18.1 Å². The fraction of sp³-hybridized carbons (Fsp3) is 0.667. The second-order valence-corrected chi connectivity index (χ2v) is 6.85. The van der Waals surface area contributed by atoms with E-state index in [0.29, 0.717) is 49.0 Å². The van der Waals surface area contributed by atoms with Crippen LogP contribution in [0.5, 0.6) is 11.6 Å². The fourth-order valence-corrected chi connectivity index (χ4v) is 2.89. The number of methoxy groups -OCH3 is 1. The first-order valence-electron chi connectivity index (χ1n) is 8.77. The molecule has 0 spiro atoms. The van der Waals surface area contributed by atoms with E-state index in [0.717, 1.165) is 12.8 Å². The quantitative estimate of drug-likeness (QED) is 0.588. The number of ether oxygens (including phenoxy) is 4. The molecule has 1 fully saturated rings. The van der Waals surface area contributed by atoms with E-state index in [9.17, 15) is 4.79 Å². The largest absolute Gasteiger partial charge is 0.489 e. The van der Waals surface area contributed by atoms with Gasteiger partial charge in [0.15, 0.2) is 0 Å². The number of hydrogen-bond donors (Lipinski definition) is 1. The minimum Gasteiger partial charge on any atom is -0.489 e. The molecule has 0 aromatic carbocycles. The van der Waals surface area contributed by atoms with Crippen molar-refractivity contribution in [2.24, 2.45) is 5.92 Å². The Morgan fingerprint density at radius 2 is 2.15 bits per heavy atom. The van der Waals surface area contributed by atoms with Gasteiger partial charge in [0.1, 0.15) is 17.4 Å². The lowest BCUT2D eigenvalue weighted by Crippen LogP contribution is -2.40. The summed E-state index contributed by atoms with van der Waals surface area (Å²) in [5.74, 6) is 1.28. The normalized spacial score (nSPS) is 20.2. The van der Waals surface area contributed by atoms with Gasteiger partial charge in [0.25, 0.3) is 0 Å². The molecule has 0 radical (unpaired) electrons. The zero-order valence-electron chi connectivity index (χ0n) is 15.5. The Hall–Kier alpha value is -1.57. The van der Waals surface area contributed by atoms with Crippen LogP contribution in [0.2, 0.25) is 5.02 Å². The van der Waals surface area contributed by atoms with Crippen molar-refractivity contribution < 1.29 is 23.7 Å². The molecule has 1 aliphatic rings. The zero-order chi connectivity index (χ0) is 18.9. The van der Waals surface area contributed by atoms with Crippen LogP contribution in [-0.2, 0) is 14.3 Å². The molecule has 1 aliphatic carbocycles. The highest BCUT2D eigenvalue weighted by Crippen LogP contribution is 2.34. The average Bonchev–Trinajstić information content (AvgIpc) is 2.55. The van der Waals surface area contributed by atoms with Gasteiger partial charge >= 0.3 is 0 Å². The van der Waals surface area contributed by atoms with Gasteiger partial charge in [-0.25, -0.2) is 4.98 Å². The molecule has 0 bridgehead atoms. The first-order chi connectivity index (χ1) is 12.5. The average molecular weight is 387 g/mol.